The van der Waals surface area contributed by atoms with Crippen LogP contribution < -0.4 is 10.9 Å². The highest BCUT2D eigenvalue weighted by Gasteiger charge is 2.23. The summed E-state index contributed by atoms with van der Waals surface area (Å²) in [4.78, 5) is 36.4. The molecule has 3 aromatic rings. The lowest BCUT2D eigenvalue weighted by atomic mass is 10.1. The van der Waals surface area contributed by atoms with Gasteiger partial charge in [0.05, 0.1) is 4.88 Å². The molecule has 0 radical (unpaired) electrons. The van der Waals surface area contributed by atoms with Gasteiger partial charge in [-0.05, 0) is 42.3 Å². The van der Waals surface area contributed by atoms with E-state index in [-0.39, 0.29) is 17.5 Å². The maximum Gasteiger partial charge on any atom is 0.264 e. The molecule has 0 saturated carbocycles. The molecule has 1 fully saturated rings. The molecule has 1 atom stereocenters. The monoisotopic (exact) mass is 400 g/mol. The van der Waals surface area contributed by atoms with Gasteiger partial charge in [0.15, 0.2) is 0 Å². The molecule has 1 aliphatic heterocycles. The fourth-order valence-electron chi connectivity index (χ4n) is 3.30. The molecule has 2 N–H and O–H groups in total. The van der Waals surface area contributed by atoms with Crippen molar-refractivity contribution < 1.29 is 4.79 Å². The van der Waals surface area contributed by atoms with Crippen molar-refractivity contribution in [2.45, 2.75) is 25.4 Å². The summed E-state index contributed by atoms with van der Waals surface area (Å²) in [6.07, 6.45) is 3.32. The molecule has 0 bridgehead atoms. The highest BCUT2D eigenvalue weighted by atomic mass is 32.1. The summed E-state index contributed by atoms with van der Waals surface area (Å²) in [5, 5.41) is 7.00. The first kappa shape index (κ1) is 18.1. The molecule has 3 aromatic heterocycles. The Morgan fingerprint density at radius 2 is 2.15 bits per heavy atom. The average Bonchev–Trinajstić information content (AvgIpc) is 3.36. The Labute approximate surface area is 164 Å². The summed E-state index contributed by atoms with van der Waals surface area (Å²) in [7, 11) is 0. The largest absolute Gasteiger partial charge is 0.348 e. The Morgan fingerprint density at radius 3 is 2.89 bits per heavy atom. The van der Waals surface area contributed by atoms with Gasteiger partial charge in [0.1, 0.15) is 11.4 Å². The first-order valence-electron chi connectivity index (χ1n) is 8.88. The van der Waals surface area contributed by atoms with Crippen molar-refractivity contribution in [2.24, 2.45) is 0 Å². The van der Waals surface area contributed by atoms with Crippen LogP contribution in [0.25, 0.3) is 10.7 Å². The summed E-state index contributed by atoms with van der Waals surface area (Å²) >= 11 is 3.24. The summed E-state index contributed by atoms with van der Waals surface area (Å²) in [6.45, 7) is 2.73. The SMILES string of the molecule is O=C(N[C@H]1CCCN(Cc2cccs2)C1)c1cnc(-c2cccs2)[nH]c1=O. The Hall–Kier alpha value is -2.29. The van der Waals surface area contributed by atoms with Gasteiger partial charge in [-0.3, -0.25) is 14.5 Å². The molecule has 0 unspecified atom stereocenters. The van der Waals surface area contributed by atoms with Gasteiger partial charge in [0.25, 0.3) is 11.5 Å². The number of aromatic nitrogens is 2. The van der Waals surface area contributed by atoms with E-state index >= 15 is 0 Å². The highest BCUT2D eigenvalue weighted by molar-refractivity contribution is 7.13. The lowest BCUT2D eigenvalue weighted by molar-refractivity contribution is 0.0899. The number of carbonyl (C=O) groups excluding carboxylic acids is 1. The van der Waals surface area contributed by atoms with E-state index < -0.39 is 5.56 Å². The van der Waals surface area contributed by atoms with Crippen LogP contribution in [0.1, 0.15) is 28.1 Å². The van der Waals surface area contributed by atoms with Crippen molar-refractivity contribution >= 4 is 28.6 Å². The minimum Gasteiger partial charge on any atom is -0.348 e. The fourth-order valence-corrected chi connectivity index (χ4v) is 4.72. The molecule has 0 aromatic carbocycles. The molecule has 0 aliphatic carbocycles. The fraction of sp³-hybridized carbons (Fsp3) is 0.316. The van der Waals surface area contributed by atoms with Gasteiger partial charge in [0, 0.05) is 30.2 Å². The predicted molar refractivity (Wildman–Crippen MR) is 108 cm³/mol. The number of piperidine rings is 1. The third-order valence-corrected chi connectivity index (χ3v) is 6.34. The maximum atomic E-state index is 12.6. The zero-order valence-corrected chi connectivity index (χ0v) is 16.3. The Bertz CT molecular complexity index is 951. The third kappa shape index (κ3) is 4.35. The van der Waals surface area contributed by atoms with Crippen molar-refractivity contribution in [1.29, 1.82) is 0 Å². The van der Waals surface area contributed by atoms with Gasteiger partial charge in [-0.1, -0.05) is 12.1 Å². The highest BCUT2D eigenvalue weighted by Crippen LogP contribution is 2.19. The summed E-state index contributed by atoms with van der Waals surface area (Å²) < 4.78 is 0. The smallest absolute Gasteiger partial charge is 0.264 e. The average molecular weight is 401 g/mol. The van der Waals surface area contributed by atoms with Gasteiger partial charge >= 0.3 is 0 Å². The number of nitrogens with one attached hydrogen (secondary N) is 2. The molecule has 1 saturated heterocycles. The van der Waals surface area contributed by atoms with Crippen LogP contribution in [0.4, 0.5) is 0 Å². The van der Waals surface area contributed by atoms with Crippen molar-refractivity contribution in [1.82, 2.24) is 20.2 Å². The Kier molecular flexibility index (Phi) is 5.47. The number of hydrogen-bond acceptors (Lipinski definition) is 6. The number of hydrogen-bond donors (Lipinski definition) is 2. The summed E-state index contributed by atoms with van der Waals surface area (Å²) in [5.74, 6) is 0.135. The van der Waals surface area contributed by atoms with E-state index in [1.54, 1.807) is 11.3 Å². The number of thiophene rings is 2. The molecule has 140 valence electrons. The van der Waals surface area contributed by atoms with Crippen molar-refractivity contribution in [3.63, 3.8) is 0 Å². The lowest BCUT2D eigenvalue weighted by Gasteiger charge is -2.32. The number of rotatable bonds is 5. The molecule has 6 nitrogen and oxygen atoms in total. The van der Waals surface area contributed by atoms with Gasteiger partial charge in [-0.25, -0.2) is 4.98 Å². The van der Waals surface area contributed by atoms with Crippen LogP contribution >= 0.6 is 22.7 Å². The topological polar surface area (TPSA) is 78.1 Å². The number of aromatic amines is 1. The number of likely N-dealkylation sites (tertiary alicyclic amines) is 1. The summed E-state index contributed by atoms with van der Waals surface area (Å²) in [6, 6.07) is 8.01. The Balaban J connectivity index is 1.40. The zero-order chi connectivity index (χ0) is 18.6. The van der Waals surface area contributed by atoms with E-state index in [2.05, 4.69) is 37.7 Å². The Morgan fingerprint density at radius 1 is 1.30 bits per heavy atom. The van der Waals surface area contributed by atoms with E-state index in [1.807, 2.05) is 17.5 Å². The van der Waals surface area contributed by atoms with Gasteiger partial charge < -0.3 is 10.3 Å². The standard InChI is InChI=1S/C19H20N4O2S2/c24-18(15-10-20-17(22-19(15)25)16-6-3-9-27-16)21-13-4-1-7-23(11-13)12-14-5-2-8-26-14/h2-3,5-6,8-10,13H,1,4,7,11-12H2,(H,21,24)(H,20,22,25)/t13-/m0/s1. The molecule has 4 rings (SSSR count). The maximum absolute atomic E-state index is 12.6. The van der Waals surface area contributed by atoms with Crippen LogP contribution in [-0.4, -0.2) is 39.9 Å². The number of amides is 1. The van der Waals surface area contributed by atoms with Crippen molar-refractivity contribution in [3.05, 3.63) is 62.0 Å². The lowest BCUT2D eigenvalue weighted by Crippen LogP contribution is -2.48. The summed E-state index contributed by atoms with van der Waals surface area (Å²) in [5.41, 5.74) is -0.345. The molecule has 27 heavy (non-hydrogen) atoms. The molecule has 4 heterocycles. The van der Waals surface area contributed by atoms with Gasteiger partial charge in [-0.2, -0.15) is 0 Å². The zero-order valence-electron chi connectivity index (χ0n) is 14.7. The second-order valence-electron chi connectivity index (χ2n) is 6.58. The van der Waals surface area contributed by atoms with E-state index in [0.29, 0.717) is 5.82 Å². The van der Waals surface area contributed by atoms with Crippen molar-refractivity contribution in [3.8, 4) is 10.7 Å². The molecular weight excluding hydrogens is 380 g/mol. The molecular formula is C19H20N4O2S2. The second kappa shape index (κ2) is 8.16. The van der Waals surface area contributed by atoms with Crippen LogP contribution in [0, 0.1) is 0 Å². The van der Waals surface area contributed by atoms with Crippen LogP contribution in [0.3, 0.4) is 0 Å². The minimum atomic E-state index is -0.405. The van der Waals surface area contributed by atoms with Crippen LogP contribution in [0.15, 0.2) is 46.0 Å². The van der Waals surface area contributed by atoms with Gasteiger partial charge in [-0.15, -0.1) is 22.7 Å². The molecule has 8 heteroatoms. The van der Waals surface area contributed by atoms with Crippen LogP contribution in [0.5, 0.6) is 0 Å². The number of nitrogens with zero attached hydrogens (tertiary/aromatic N) is 2. The predicted octanol–water partition coefficient (Wildman–Crippen LogP) is 2.95. The normalized spacial score (nSPS) is 17.7. The molecule has 0 spiro atoms. The van der Waals surface area contributed by atoms with E-state index in [9.17, 15) is 9.59 Å². The molecule has 1 aliphatic rings. The van der Waals surface area contributed by atoms with Crippen molar-refractivity contribution in [2.75, 3.05) is 13.1 Å². The number of H-pyrrole nitrogens is 1. The number of carbonyl (C=O) groups is 1. The second-order valence-corrected chi connectivity index (χ2v) is 8.56. The quantitative estimate of drug-likeness (QED) is 0.690. The van der Waals surface area contributed by atoms with Crippen LogP contribution in [0.2, 0.25) is 0 Å². The van der Waals surface area contributed by atoms with Gasteiger partial charge in [0.2, 0.25) is 0 Å². The minimum absolute atomic E-state index is 0.0441. The van der Waals surface area contributed by atoms with E-state index in [1.165, 1.54) is 22.4 Å². The third-order valence-electron chi connectivity index (χ3n) is 4.60. The first-order chi connectivity index (χ1) is 13.2. The molecule has 1 amide bonds. The van der Waals surface area contributed by atoms with Crippen LogP contribution in [-0.2, 0) is 6.54 Å². The first-order valence-corrected chi connectivity index (χ1v) is 10.6. The van der Waals surface area contributed by atoms with E-state index in [0.717, 1.165) is 37.4 Å². The van der Waals surface area contributed by atoms with E-state index in [4.69, 9.17) is 0 Å².